The lowest BCUT2D eigenvalue weighted by Gasteiger charge is -2.14. The summed E-state index contributed by atoms with van der Waals surface area (Å²) < 4.78 is 12.7. The first-order valence-electron chi connectivity index (χ1n) is 7.29. The third kappa shape index (κ3) is 4.94. The first-order valence-corrected chi connectivity index (χ1v) is 9.16. The molecule has 3 nitrogen and oxygen atoms in total. The Morgan fingerprint density at radius 3 is 2.70 bits per heavy atom. The van der Waals surface area contributed by atoms with Crippen molar-refractivity contribution in [2.45, 2.75) is 26.4 Å². The van der Waals surface area contributed by atoms with Gasteiger partial charge in [0.2, 0.25) is 0 Å². The molecule has 0 aromatic heterocycles. The Bertz CT molecular complexity index is 701. The molecule has 5 heteroatoms. The summed E-state index contributed by atoms with van der Waals surface area (Å²) in [6, 6.07) is 12.0. The maximum Gasteiger partial charge on any atom is 0.309 e. The van der Waals surface area contributed by atoms with E-state index in [0.29, 0.717) is 6.61 Å². The number of hydrogen-bond acceptors (Lipinski definition) is 3. The summed E-state index contributed by atoms with van der Waals surface area (Å²) in [6.45, 7) is 2.53. The summed E-state index contributed by atoms with van der Waals surface area (Å²) >= 11 is 5.81. The van der Waals surface area contributed by atoms with Gasteiger partial charge in [0, 0.05) is 9.13 Å². The average Bonchev–Trinajstić information content (AvgIpc) is 2.55. The quantitative estimate of drug-likeness (QED) is 0.428. The highest BCUT2D eigenvalue weighted by atomic mass is 127. The molecule has 2 aromatic rings. The van der Waals surface area contributed by atoms with Gasteiger partial charge in [-0.25, -0.2) is 0 Å². The molecule has 2 aromatic carbocycles. The molecule has 0 aliphatic heterocycles. The molecule has 0 heterocycles. The number of carbonyl (C=O) groups is 1. The van der Waals surface area contributed by atoms with E-state index in [1.165, 1.54) is 12.7 Å². The largest absolute Gasteiger partial charge is 0.488 e. The van der Waals surface area contributed by atoms with Crippen LogP contribution in [-0.4, -0.2) is 13.1 Å². The highest BCUT2D eigenvalue weighted by Crippen LogP contribution is 2.28. The van der Waals surface area contributed by atoms with Crippen LogP contribution in [0.4, 0.5) is 0 Å². The van der Waals surface area contributed by atoms with Crippen molar-refractivity contribution < 1.29 is 14.3 Å². The van der Waals surface area contributed by atoms with Crippen LogP contribution in [0.3, 0.4) is 0 Å². The van der Waals surface area contributed by atoms with Gasteiger partial charge in [-0.3, -0.25) is 4.79 Å². The smallest absolute Gasteiger partial charge is 0.309 e. The fraction of sp³-hybridized carbons (Fsp3) is 0.278. The SMILES string of the molecule is CCc1ccc(OCc2c(I)cccc2CC(=O)OC)c(Br)c1. The lowest BCUT2D eigenvalue weighted by Crippen LogP contribution is -2.09. The molecule has 0 aliphatic rings. The zero-order valence-corrected chi connectivity index (χ0v) is 16.8. The van der Waals surface area contributed by atoms with Crippen LogP contribution >= 0.6 is 38.5 Å². The number of aryl methyl sites for hydroxylation is 1. The molecule has 0 fully saturated rings. The molecule has 0 spiro atoms. The first-order chi connectivity index (χ1) is 11.0. The zero-order chi connectivity index (χ0) is 16.8. The van der Waals surface area contributed by atoms with Crippen LogP contribution in [0.5, 0.6) is 5.75 Å². The Hall–Kier alpha value is -1.08. The van der Waals surface area contributed by atoms with E-state index in [0.717, 1.165) is 31.3 Å². The number of carbonyl (C=O) groups excluding carboxylic acids is 1. The minimum absolute atomic E-state index is 0.248. The number of benzene rings is 2. The van der Waals surface area contributed by atoms with Crippen LogP contribution in [-0.2, 0) is 29.0 Å². The number of halogens is 2. The Kier molecular flexibility index (Phi) is 6.89. The standard InChI is InChI=1S/C18H18BrIO3/c1-3-12-7-8-17(15(19)9-12)23-11-14-13(10-18(21)22-2)5-4-6-16(14)20/h4-9H,3,10-11H2,1-2H3. The van der Waals surface area contributed by atoms with Crippen LogP contribution in [0, 0.1) is 3.57 Å². The number of methoxy groups -OCH3 is 1. The van der Waals surface area contributed by atoms with Gasteiger partial charge in [-0.1, -0.05) is 25.1 Å². The summed E-state index contributed by atoms with van der Waals surface area (Å²) in [6.07, 6.45) is 1.24. The van der Waals surface area contributed by atoms with E-state index < -0.39 is 0 Å². The summed E-state index contributed by atoms with van der Waals surface area (Å²) in [5.41, 5.74) is 3.21. The number of hydrogen-bond donors (Lipinski definition) is 0. The average molecular weight is 489 g/mol. The van der Waals surface area contributed by atoms with Crippen LogP contribution in [0.15, 0.2) is 40.9 Å². The topological polar surface area (TPSA) is 35.5 Å². The molecule has 0 radical (unpaired) electrons. The fourth-order valence-corrected chi connectivity index (χ4v) is 3.44. The maximum atomic E-state index is 11.6. The molecule has 122 valence electrons. The minimum atomic E-state index is -0.248. The molecule has 23 heavy (non-hydrogen) atoms. The predicted molar refractivity (Wildman–Crippen MR) is 103 cm³/mol. The summed E-state index contributed by atoms with van der Waals surface area (Å²) in [5, 5.41) is 0. The van der Waals surface area contributed by atoms with E-state index in [9.17, 15) is 4.79 Å². The van der Waals surface area contributed by atoms with E-state index in [-0.39, 0.29) is 12.4 Å². The highest BCUT2D eigenvalue weighted by Gasteiger charge is 2.12. The Morgan fingerprint density at radius 1 is 1.26 bits per heavy atom. The summed E-state index contributed by atoms with van der Waals surface area (Å²) in [4.78, 5) is 11.6. The monoisotopic (exact) mass is 488 g/mol. The molecule has 0 unspecified atom stereocenters. The van der Waals surface area contributed by atoms with Gasteiger partial charge in [0.25, 0.3) is 0 Å². The van der Waals surface area contributed by atoms with Crippen molar-refractivity contribution in [2.75, 3.05) is 7.11 Å². The van der Waals surface area contributed by atoms with Gasteiger partial charge in [0.1, 0.15) is 12.4 Å². The second-order valence-electron chi connectivity index (χ2n) is 5.04. The molecule has 0 saturated heterocycles. The lowest BCUT2D eigenvalue weighted by molar-refractivity contribution is -0.139. The zero-order valence-electron chi connectivity index (χ0n) is 13.1. The molecular weight excluding hydrogens is 471 g/mol. The molecule has 2 rings (SSSR count). The third-order valence-corrected chi connectivity index (χ3v) is 5.19. The molecule has 0 N–H and O–H groups in total. The molecule has 0 amide bonds. The summed E-state index contributed by atoms with van der Waals surface area (Å²) in [5.74, 6) is 0.549. The molecule has 0 aliphatic carbocycles. The van der Waals surface area contributed by atoms with Crippen LogP contribution in [0.25, 0.3) is 0 Å². The van der Waals surface area contributed by atoms with E-state index in [2.05, 4.69) is 57.6 Å². The maximum absolute atomic E-state index is 11.6. The normalized spacial score (nSPS) is 10.4. The van der Waals surface area contributed by atoms with Gasteiger partial charge in [0.05, 0.1) is 18.0 Å². The lowest BCUT2D eigenvalue weighted by atomic mass is 10.1. The summed E-state index contributed by atoms with van der Waals surface area (Å²) in [7, 11) is 1.40. The molecular formula is C18H18BrIO3. The van der Waals surface area contributed by atoms with Gasteiger partial charge in [-0.15, -0.1) is 0 Å². The Balaban J connectivity index is 2.18. The van der Waals surface area contributed by atoms with Crippen molar-refractivity contribution >= 4 is 44.5 Å². The van der Waals surface area contributed by atoms with Crippen molar-refractivity contribution in [3.63, 3.8) is 0 Å². The number of esters is 1. The van der Waals surface area contributed by atoms with Crippen LogP contribution < -0.4 is 4.74 Å². The first kappa shape index (κ1) is 18.3. The van der Waals surface area contributed by atoms with Crippen molar-refractivity contribution in [2.24, 2.45) is 0 Å². The van der Waals surface area contributed by atoms with Crippen molar-refractivity contribution in [3.05, 3.63) is 61.1 Å². The van der Waals surface area contributed by atoms with E-state index in [1.54, 1.807) is 0 Å². The van der Waals surface area contributed by atoms with Gasteiger partial charge >= 0.3 is 5.97 Å². The van der Waals surface area contributed by atoms with Crippen LogP contribution in [0.2, 0.25) is 0 Å². The second-order valence-corrected chi connectivity index (χ2v) is 7.05. The third-order valence-electron chi connectivity index (χ3n) is 3.55. The van der Waals surface area contributed by atoms with Gasteiger partial charge in [-0.2, -0.15) is 0 Å². The molecule has 0 atom stereocenters. The van der Waals surface area contributed by atoms with E-state index in [1.807, 2.05) is 24.3 Å². The number of ether oxygens (including phenoxy) is 2. The van der Waals surface area contributed by atoms with E-state index in [4.69, 9.17) is 9.47 Å². The van der Waals surface area contributed by atoms with Gasteiger partial charge < -0.3 is 9.47 Å². The Labute approximate surface area is 158 Å². The van der Waals surface area contributed by atoms with E-state index >= 15 is 0 Å². The number of rotatable bonds is 6. The molecule has 0 bridgehead atoms. The fourth-order valence-electron chi connectivity index (χ4n) is 2.19. The Morgan fingerprint density at radius 2 is 2.04 bits per heavy atom. The second kappa shape index (κ2) is 8.68. The minimum Gasteiger partial charge on any atom is -0.488 e. The van der Waals surface area contributed by atoms with Crippen LogP contribution in [0.1, 0.15) is 23.6 Å². The highest BCUT2D eigenvalue weighted by molar-refractivity contribution is 14.1. The molecule has 0 saturated carbocycles. The van der Waals surface area contributed by atoms with Gasteiger partial charge in [0.15, 0.2) is 0 Å². The van der Waals surface area contributed by atoms with Crippen molar-refractivity contribution in [3.8, 4) is 5.75 Å². The predicted octanol–water partition coefficient (Wildman–Crippen LogP) is 4.91. The van der Waals surface area contributed by atoms with Gasteiger partial charge in [-0.05, 0) is 74.3 Å². The van der Waals surface area contributed by atoms with Crippen molar-refractivity contribution in [1.82, 2.24) is 0 Å². The van der Waals surface area contributed by atoms with Crippen molar-refractivity contribution in [1.29, 1.82) is 0 Å².